The number of hydrogen-bond donors (Lipinski definition) is 2. The number of nitrogens with one attached hydrogen (secondary N) is 1. The predicted octanol–water partition coefficient (Wildman–Crippen LogP) is -0.807. The molecule has 3 heterocycles. The van der Waals surface area contributed by atoms with E-state index >= 15 is 0 Å². The molecule has 1 saturated heterocycles. The van der Waals surface area contributed by atoms with E-state index in [1.54, 1.807) is 16.2 Å². The van der Waals surface area contributed by atoms with Gasteiger partial charge in [0.05, 0.1) is 11.4 Å². The number of aromatic nitrogens is 2. The highest BCUT2D eigenvalue weighted by Gasteiger charge is 2.15. The van der Waals surface area contributed by atoms with Crippen LogP contribution in [0.3, 0.4) is 0 Å². The van der Waals surface area contributed by atoms with Crippen LogP contribution < -0.4 is 10.2 Å². The second-order valence-electron chi connectivity index (χ2n) is 4.96. The first-order chi connectivity index (χ1) is 9.42. The number of nitrogens with zero attached hydrogens (tertiary/aromatic N) is 2. The molecule has 102 valence electrons. The van der Waals surface area contributed by atoms with Gasteiger partial charge in [-0.1, -0.05) is 11.2 Å². The zero-order valence-electron chi connectivity index (χ0n) is 11.0. The summed E-state index contributed by atoms with van der Waals surface area (Å²) in [5.41, 5.74) is 0. The van der Waals surface area contributed by atoms with Crippen molar-refractivity contribution in [2.45, 2.75) is 12.8 Å². The van der Waals surface area contributed by atoms with Crippen molar-refractivity contribution in [3.05, 3.63) is 23.4 Å². The van der Waals surface area contributed by atoms with Crippen LogP contribution in [-0.4, -0.2) is 42.9 Å². The average molecular weight is 280 g/mol. The normalized spacial score (nSPS) is 16.8. The van der Waals surface area contributed by atoms with E-state index in [4.69, 9.17) is 4.52 Å². The molecule has 0 aromatic carbocycles. The summed E-state index contributed by atoms with van der Waals surface area (Å²) in [6.07, 6.45) is 2.02. The zero-order chi connectivity index (χ0) is 12.9. The van der Waals surface area contributed by atoms with Gasteiger partial charge in [0.25, 0.3) is 0 Å². The Hall–Kier alpha value is -1.24. The Morgan fingerprint density at radius 2 is 2.26 bits per heavy atom. The Balaban J connectivity index is 1.48. The Bertz CT molecular complexity index is 490. The van der Waals surface area contributed by atoms with Gasteiger partial charge in [-0.3, -0.25) is 0 Å². The minimum Gasteiger partial charge on any atom is -0.339 e. The second-order valence-corrected chi connectivity index (χ2v) is 5.91. The molecular weight excluding hydrogens is 260 g/mol. The first-order valence-electron chi connectivity index (χ1n) is 6.93. The molecule has 2 aromatic heterocycles. The van der Waals surface area contributed by atoms with Crippen LogP contribution in [0.4, 0.5) is 0 Å². The molecule has 0 aliphatic carbocycles. The summed E-state index contributed by atoms with van der Waals surface area (Å²) in [6.45, 7) is 6.30. The van der Waals surface area contributed by atoms with Gasteiger partial charge in [-0.2, -0.15) is 4.98 Å². The third-order valence-corrected chi connectivity index (χ3v) is 4.40. The molecule has 19 heavy (non-hydrogen) atoms. The summed E-state index contributed by atoms with van der Waals surface area (Å²) >= 11 is 1.64. The van der Waals surface area contributed by atoms with Crippen molar-refractivity contribution in [3.8, 4) is 10.7 Å². The molecule has 0 spiro atoms. The van der Waals surface area contributed by atoms with Gasteiger partial charge in [0.15, 0.2) is 0 Å². The number of rotatable bonds is 5. The molecule has 0 radical (unpaired) electrons. The van der Waals surface area contributed by atoms with Crippen LogP contribution in [0.25, 0.3) is 10.7 Å². The van der Waals surface area contributed by atoms with Crippen molar-refractivity contribution in [3.63, 3.8) is 0 Å². The third kappa shape index (κ3) is 3.40. The number of piperazine rings is 1. The van der Waals surface area contributed by atoms with Crippen LogP contribution in [0.1, 0.15) is 12.3 Å². The number of hydrogen-bond acceptors (Lipinski definition) is 4. The number of thiophene rings is 1. The van der Waals surface area contributed by atoms with Gasteiger partial charge >= 0.3 is 0 Å². The molecule has 0 unspecified atom stereocenters. The predicted molar refractivity (Wildman–Crippen MR) is 73.2 cm³/mol. The summed E-state index contributed by atoms with van der Waals surface area (Å²) in [5.74, 6) is 1.50. The highest BCUT2D eigenvalue weighted by atomic mass is 32.1. The van der Waals surface area contributed by atoms with Crippen molar-refractivity contribution in [2.24, 2.45) is 0 Å². The van der Waals surface area contributed by atoms with Gasteiger partial charge < -0.3 is 14.7 Å². The van der Waals surface area contributed by atoms with E-state index in [1.807, 2.05) is 17.5 Å². The fourth-order valence-electron chi connectivity index (χ4n) is 2.48. The SMILES string of the molecule is c1csc(-c2noc(CCC[NH+]3CC[NH2+]CC3)n2)c1. The lowest BCUT2D eigenvalue weighted by Crippen LogP contribution is -3.20. The number of aryl methyl sites for hydroxylation is 1. The molecule has 0 bridgehead atoms. The lowest BCUT2D eigenvalue weighted by Gasteiger charge is -2.21. The highest BCUT2D eigenvalue weighted by molar-refractivity contribution is 7.13. The van der Waals surface area contributed by atoms with E-state index in [0.717, 1.165) is 29.4 Å². The van der Waals surface area contributed by atoms with Gasteiger partial charge in [-0.15, -0.1) is 11.3 Å². The van der Waals surface area contributed by atoms with Crippen molar-refractivity contribution in [1.82, 2.24) is 10.1 Å². The van der Waals surface area contributed by atoms with Crippen LogP contribution in [0, 0.1) is 0 Å². The van der Waals surface area contributed by atoms with E-state index in [9.17, 15) is 0 Å². The standard InChI is InChI=1S/C13H18N4OS/c1(7-17-8-5-14-6-9-17)4-12-15-13(16-18-12)11-3-2-10-19-11/h2-3,10,14H,1,4-9H2/p+2. The number of nitrogens with two attached hydrogens (primary N) is 1. The number of quaternary nitrogens is 2. The summed E-state index contributed by atoms with van der Waals surface area (Å²) in [7, 11) is 0. The molecule has 5 nitrogen and oxygen atoms in total. The second kappa shape index (κ2) is 6.27. The van der Waals surface area contributed by atoms with Crippen LogP contribution in [0.15, 0.2) is 22.0 Å². The van der Waals surface area contributed by atoms with Gasteiger partial charge in [0.1, 0.15) is 26.2 Å². The molecule has 0 saturated carbocycles. The average Bonchev–Trinajstić information content (AvgIpc) is 3.10. The maximum Gasteiger partial charge on any atom is 0.227 e. The van der Waals surface area contributed by atoms with Crippen LogP contribution in [-0.2, 0) is 6.42 Å². The Morgan fingerprint density at radius 3 is 3.05 bits per heavy atom. The lowest BCUT2D eigenvalue weighted by atomic mass is 10.2. The van der Waals surface area contributed by atoms with Gasteiger partial charge in [-0.05, 0) is 11.4 Å². The summed E-state index contributed by atoms with van der Waals surface area (Å²) in [5, 5.41) is 8.46. The minimum atomic E-state index is 0.727. The molecule has 0 atom stereocenters. The topological polar surface area (TPSA) is 60.0 Å². The van der Waals surface area contributed by atoms with Crippen molar-refractivity contribution in [1.29, 1.82) is 0 Å². The molecular formula is C13H20N4OS+2. The van der Waals surface area contributed by atoms with Crippen LogP contribution in [0.2, 0.25) is 0 Å². The largest absolute Gasteiger partial charge is 0.339 e. The van der Waals surface area contributed by atoms with Crippen molar-refractivity contribution >= 4 is 11.3 Å². The zero-order valence-corrected chi connectivity index (χ0v) is 11.8. The summed E-state index contributed by atoms with van der Waals surface area (Å²) in [6, 6.07) is 4.03. The molecule has 3 N–H and O–H groups in total. The lowest BCUT2D eigenvalue weighted by molar-refractivity contribution is -0.946. The van der Waals surface area contributed by atoms with E-state index in [1.165, 1.54) is 32.7 Å². The molecule has 3 rings (SSSR count). The molecule has 1 aliphatic heterocycles. The van der Waals surface area contributed by atoms with Crippen LogP contribution >= 0.6 is 11.3 Å². The smallest absolute Gasteiger partial charge is 0.227 e. The fourth-order valence-corrected chi connectivity index (χ4v) is 3.13. The first kappa shape index (κ1) is 12.8. The Kier molecular flexibility index (Phi) is 4.22. The quantitative estimate of drug-likeness (QED) is 0.753. The molecule has 1 aliphatic rings. The van der Waals surface area contributed by atoms with E-state index in [2.05, 4.69) is 15.5 Å². The van der Waals surface area contributed by atoms with Gasteiger partial charge in [0, 0.05) is 12.8 Å². The van der Waals surface area contributed by atoms with Crippen molar-refractivity contribution in [2.75, 3.05) is 32.7 Å². The monoisotopic (exact) mass is 280 g/mol. The van der Waals surface area contributed by atoms with E-state index in [-0.39, 0.29) is 0 Å². The third-order valence-electron chi connectivity index (χ3n) is 3.53. The van der Waals surface area contributed by atoms with E-state index in [0.29, 0.717) is 0 Å². The highest BCUT2D eigenvalue weighted by Crippen LogP contribution is 2.21. The summed E-state index contributed by atoms with van der Waals surface area (Å²) in [4.78, 5) is 7.24. The molecule has 6 heteroatoms. The first-order valence-corrected chi connectivity index (χ1v) is 7.81. The van der Waals surface area contributed by atoms with Gasteiger partial charge in [0.2, 0.25) is 11.7 Å². The fraction of sp³-hybridized carbons (Fsp3) is 0.538. The van der Waals surface area contributed by atoms with Crippen LogP contribution in [0.5, 0.6) is 0 Å². The maximum absolute atomic E-state index is 5.31. The Labute approximate surface area is 116 Å². The summed E-state index contributed by atoms with van der Waals surface area (Å²) < 4.78 is 5.31. The minimum absolute atomic E-state index is 0.727. The molecule has 0 amide bonds. The van der Waals surface area contributed by atoms with Gasteiger partial charge in [-0.25, -0.2) is 0 Å². The van der Waals surface area contributed by atoms with Crippen molar-refractivity contribution < 1.29 is 14.7 Å². The molecule has 2 aromatic rings. The maximum atomic E-state index is 5.31. The van der Waals surface area contributed by atoms with E-state index < -0.39 is 0 Å². The Morgan fingerprint density at radius 1 is 1.37 bits per heavy atom. The molecule has 1 fully saturated rings.